The second-order valence-corrected chi connectivity index (χ2v) is 5.79. The molecule has 0 aromatic heterocycles. The van der Waals surface area contributed by atoms with Gasteiger partial charge in [-0.1, -0.05) is 13.3 Å². The van der Waals surface area contributed by atoms with Crippen molar-refractivity contribution in [3.8, 4) is 0 Å². The summed E-state index contributed by atoms with van der Waals surface area (Å²) in [5, 5.41) is 0. The van der Waals surface area contributed by atoms with Crippen LogP contribution < -0.4 is 5.73 Å². The second-order valence-electron chi connectivity index (χ2n) is 5.79. The number of nitrogens with zero attached hydrogens (tertiary/aromatic N) is 2. The molecule has 2 N–H and O–H groups in total. The molecule has 16 heavy (non-hydrogen) atoms. The van der Waals surface area contributed by atoms with Crippen LogP contribution in [-0.2, 0) is 0 Å². The highest BCUT2D eigenvalue weighted by Crippen LogP contribution is 2.26. The highest BCUT2D eigenvalue weighted by Gasteiger charge is 2.34. The Morgan fingerprint density at radius 2 is 2.06 bits per heavy atom. The zero-order valence-corrected chi connectivity index (χ0v) is 11.0. The van der Waals surface area contributed by atoms with Gasteiger partial charge in [0.2, 0.25) is 0 Å². The minimum absolute atomic E-state index is 0.442. The monoisotopic (exact) mass is 225 g/mol. The lowest BCUT2D eigenvalue weighted by molar-refractivity contribution is 0.110. The first-order chi connectivity index (χ1) is 7.61. The molecule has 2 aliphatic rings. The molecular weight excluding hydrogens is 198 g/mol. The topological polar surface area (TPSA) is 32.5 Å². The molecule has 4 atom stereocenters. The van der Waals surface area contributed by atoms with Gasteiger partial charge in [0.15, 0.2) is 0 Å². The Labute approximate surface area is 100.0 Å². The van der Waals surface area contributed by atoms with E-state index >= 15 is 0 Å². The molecule has 0 aromatic carbocycles. The van der Waals surface area contributed by atoms with Crippen LogP contribution in [0.15, 0.2) is 0 Å². The molecule has 94 valence electrons. The van der Waals surface area contributed by atoms with Crippen molar-refractivity contribution >= 4 is 0 Å². The molecule has 0 spiro atoms. The van der Waals surface area contributed by atoms with Crippen LogP contribution in [0, 0.1) is 5.92 Å². The maximum absolute atomic E-state index is 6.17. The van der Waals surface area contributed by atoms with Crippen LogP contribution >= 0.6 is 0 Å². The van der Waals surface area contributed by atoms with Crippen LogP contribution in [0.25, 0.3) is 0 Å². The molecule has 2 heterocycles. The summed E-state index contributed by atoms with van der Waals surface area (Å²) < 4.78 is 0. The lowest BCUT2D eigenvalue weighted by Crippen LogP contribution is -2.51. The standard InChI is InChI=1S/C13H27N3/c1-4-11-8-16(6-5-13(11)14)12-7-10(2)15(3)9-12/h10-13H,4-9,14H2,1-3H3. The van der Waals surface area contributed by atoms with E-state index < -0.39 is 0 Å². The van der Waals surface area contributed by atoms with Gasteiger partial charge < -0.3 is 10.6 Å². The summed E-state index contributed by atoms with van der Waals surface area (Å²) in [5.74, 6) is 0.718. The first-order valence-corrected chi connectivity index (χ1v) is 6.81. The molecule has 0 amide bonds. The van der Waals surface area contributed by atoms with Gasteiger partial charge in [0.05, 0.1) is 0 Å². The Morgan fingerprint density at radius 3 is 2.62 bits per heavy atom. The highest BCUT2D eigenvalue weighted by molar-refractivity contribution is 4.91. The second kappa shape index (κ2) is 5.03. The van der Waals surface area contributed by atoms with E-state index in [1.807, 2.05) is 0 Å². The predicted molar refractivity (Wildman–Crippen MR) is 68.4 cm³/mol. The zero-order chi connectivity index (χ0) is 11.7. The van der Waals surface area contributed by atoms with Gasteiger partial charge in [0, 0.05) is 31.2 Å². The van der Waals surface area contributed by atoms with E-state index in [9.17, 15) is 0 Å². The molecule has 2 saturated heterocycles. The first-order valence-electron chi connectivity index (χ1n) is 6.81. The molecule has 0 saturated carbocycles. The zero-order valence-electron chi connectivity index (χ0n) is 11.0. The van der Waals surface area contributed by atoms with Crippen LogP contribution in [-0.4, -0.2) is 54.6 Å². The van der Waals surface area contributed by atoms with Crippen molar-refractivity contribution in [2.45, 2.75) is 51.2 Å². The lowest BCUT2D eigenvalue weighted by Gasteiger charge is -2.39. The quantitative estimate of drug-likeness (QED) is 0.765. The van der Waals surface area contributed by atoms with Crippen LogP contribution in [0.5, 0.6) is 0 Å². The first kappa shape index (κ1) is 12.3. The number of piperidine rings is 1. The van der Waals surface area contributed by atoms with Gasteiger partial charge in [0.25, 0.3) is 0 Å². The van der Waals surface area contributed by atoms with E-state index in [0.29, 0.717) is 6.04 Å². The summed E-state index contributed by atoms with van der Waals surface area (Å²) in [4.78, 5) is 5.18. The maximum Gasteiger partial charge on any atom is 0.0238 e. The van der Waals surface area contributed by atoms with Crippen molar-refractivity contribution in [2.24, 2.45) is 11.7 Å². The van der Waals surface area contributed by atoms with E-state index in [2.05, 4.69) is 30.7 Å². The third-order valence-electron chi connectivity index (χ3n) is 4.73. The number of likely N-dealkylation sites (N-methyl/N-ethyl adjacent to an activating group) is 1. The van der Waals surface area contributed by atoms with Crippen molar-refractivity contribution in [1.29, 1.82) is 0 Å². The van der Waals surface area contributed by atoms with Crippen LogP contribution in [0.1, 0.15) is 33.1 Å². The van der Waals surface area contributed by atoms with E-state index in [1.54, 1.807) is 0 Å². The minimum atomic E-state index is 0.442. The molecule has 0 aromatic rings. The van der Waals surface area contributed by atoms with Gasteiger partial charge in [-0.2, -0.15) is 0 Å². The third kappa shape index (κ3) is 2.41. The number of nitrogens with two attached hydrogens (primary N) is 1. The van der Waals surface area contributed by atoms with Crippen LogP contribution in [0.4, 0.5) is 0 Å². The maximum atomic E-state index is 6.17. The molecule has 2 rings (SSSR count). The summed E-state index contributed by atoms with van der Waals surface area (Å²) in [6.07, 6.45) is 3.76. The third-order valence-corrected chi connectivity index (χ3v) is 4.73. The van der Waals surface area contributed by atoms with E-state index in [4.69, 9.17) is 5.73 Å². The Morgan fingerprint density at radius 1 is 1.31 bits per heavy atom. The fourth-order valence-electron chi connectivity index (χ4n) is 3.27. The molecule has 0 bridgehead atoms. The number of hydrogen-bond acceptors (Lipinski definition) is 3. The average Bonchev–Trinajstić information content (AvgIpc) is 2.60. The highest BCUT2D eigenvalue weighted by atomic mass is 15.3. The normalized spacial score (nSPS) is 42.8. The van der Waals surface area contributed by atoms with Crippen molar-refractivity contribution in [3.63, 3.8) is 0 Å². The van der Waals surface area contributed by atoms with Crippen molar-refractivity contribution in [1.82, 2.24) is 9.80 Å². The van der Waals surface area contributed by atoms with Gasteiger partial charge in [-0.05, 0) is 39.3 Å². The largest absolute Gasteiger partial charge is 0.327 e. The Bertz CT molecular complexity index is 221. The van der Waals surface area contributed by atoms with Gasteiger partial charge in [0.1, 0.15) is 0 Å². The number of rotatable bonds is 2. The molecule has 2 fully saturated rings. The van der Waals surface area contributed by atoms with E-state index in [1.165, 1.54) is 38.9 Å². The van der Waals surface area contributed by atoms with Crippen LogP contribution in [0.2, 0.25) is 0 Å². The molecule has 3 nitrogen and oxygen atoms in total. The summed E-state index contributed by atoms with van der Waals surface area (Å²) in [6, 6.07) is 1.97. The van der Waals surface area contributed by atoms with Gasteiger partial charge in [-0.3, -0.25) is 4.90 Å². The molecule has 3 heteroatoms. The average molecular weight is 225 g/mol. The summed E-state index contributed by atoms with van der Waals surface area (Å²) >= 11 is 0. The van der Waals surface area contributed by atoms with Gasteiger partial charge in [-0.25, -0.2) is 0 Å². The summed E-state index contributed by atoms with van der Waals surface area (Å²) in [6.45, 7) is 8.29. The van der Waals surface area contributed by atoms with Gasteiger partial charge in [-0.15, -0.1) is 0 Å². The molecule has 4 unspecified atom stereocenters. The Balaban J connectivity index is 1.91. The fraction of sp³-hybridized carbons (Fsp3) is 1.00. The molecule has 2 aliphatic heterocycles. The minimum Gasteiger partial charge on any atom is -0.327 e. The molecule has 0 aliphatic carbocycles. The predicted octanol–water partition coefficient (Wildman–Crippen LogP) is 1.14. The molecule has 0 radical (unpaired) electrons. The van der Waals surface area contributed by atoms with Crippen molar-refractivity contribution in [3.05, 3.63) is 0 Å². The smallest absolute Gasteiger partial charge is 0.0238 e. The Kier molecular flexibility index (Phi) is 3.88. The van der Waals surface area contributed by atoms with E-state index in [0.717, 1.165) is 18.0 Å². The summed E-state index contributed by atoms with van der Waals surface area (Å²) in [5.41, 5.74) is 6.17. The van der Waals surface area contributed by atoms with Gasteiger partial charge >= 0.3 is 0 Å². The molecular formula is C13H27N3. The fourth-order valence-corrected chi connectivity index (χ4v) is 3.27. The van der Waals surface area contributed by atoms with Crippen molar-refractivity contribution < 1.29 is 0 Å². The van der Waals surface area contributed by atoms with Crippen molar-refractivity contribution in [2.75, 3.05) is 26.7 Å². The Hall–Kier alpha value is -0.120. The lowest BCUT2D eigenvalue weighted by atomic mass is 9.89. The SMILES string of the molecule is CCC1CN(C2CC(C)N(C)C2)CCC1N. The number of likely N-dealkylation sites (tertiary alicyclic amines) is 2. The van der Waals surface area contributed by atoms with Crippen LogP contribution in [0.3, 0.4) is 0 Å². The number of hydrogen-bond donors (Lipinski definition) is 1. The summed E-state index contributed by atoms with van der Waals surface area (Å²) in [7, 11) is 2.25. The van der Waals surface area contributed by atoms with E-state index in [-0.39, 0.29) is 0 Å².